The van der Waals surface area contributed by atoms with Crippen molar-refractivity contribution in [1.82, 2.24) is 0 Å². The lowest BCUT2D eigenvalue weighted by Crippen LogP contribution is -2.11. The van der Waals surface area contributed by atoms with Gasteiger partial charge >= 0.3 is 0 Å². The molecular weight excluding hydrogens is 174 g/mol. The van der Waals surface area contributed by atoms with Crippen LogP contribution in [0.15, 0.2) is 0 Å². The van der Waals surface area contributed by atoms with Crippen molar-refractivity contribution in [1.29, 1.82) is 0 Å². The van der Waals surface area contributed by atoms with Gasteiger partial charge in [-0.2, -0.15) is 0 Å². The minimum absolute atomic E-state index is 0.412. The highest BCUT2D eigenvalue weighted by Gasteiger charge is 2.09. The molecular formula is C12H25NO. The van der Waals surface area contributed by atoms with E-state index in [1.807, 2.05) is 0 Å². The summed E-state index contributed by atoms with van der Waals surface area (Å²) in [5.74, 6) is 1.56. The first-order chi connectivity index (χ1) is 6.60. The molecule has 0 heterocycles. The van der Waals surface area contributed by atoms with Crippen molar-refractivity contribution in [3.05, 3.63) is 0 Å². The largest absolute Gasteiger partial charge is 0.330 e. The number of hydrogen-bond acceptors (Lipinski definition) is 2. The lowest BCUT2D eigenvalue weighted by atomic mass is 9.93. The highest BCUT2D eigenvalue weighted by molar-refractivity contribution is 5.78. The van der Waals surface area contributed by atoms with Gasteiger partial charge in [0.05, 0.1) is 0 Å². The second-order valence-electron chi connectivity index (χ2n) is 4.53. The number of carbonyl (C=O) groups excluding carboxylic acids is 1. The van der Waals surface area contributed by atoms with Crippen molar-refractivity contribution in [3.8, 4) is 0 Å². The van der Waals surface area contributed by atoms with Gasteiger partial charge in [-0.15, -0.1) is 0 Å². The van der Waals surface area contributed by atoms with Gasteiger partial charge in [-0.3, -0.25) is 4.79 Å². The van der Waals surface area contributed by atoms with Gasteiger partial charge in [0.25, 0.3) is 0 Å². The molecule has 84 valence electrons. The van der Waals surface area contributed by atoms with Crippen LogP contribution < -0.4 is 5.73 Å². The molecule has 0 aliphatic carbocycles. The molecule has 0 aliphatic heterocycles. The molecule has 0 bridgehead atoms. The molecule has 0 saturated carbocycles. The molecule has 0 aromatic rings. The average molecular weight is 199 g/mol. The second-order valence-corrected chi connectivity index (χ2v) is 4.53. The van der Waals surface area contributed by atoms with Crippen LogP contribution in [0.5, 0.6) is 0 Å². The first-order valence-electron chi connectivity index (χ1n) is 5.81. The summed E-state index contributed by atoms with van der Waals surface area (Å²) in [6.45, 7) is 7.11. The first-order valence-corrected chi connectivity index (χ1v) is 5.81. The maximum atomic E-state index is 11.4. The molecule has 0 aromatic heterocycles. The van der Waals surface area contributed by atoms with E-state index in [-0.39, 0.29) is 0 Å². The Kier molecular flexibility index (Phi) is 7.77. The number of nitrogens with two attached hydrogens (primary N) is 1. The zero-order valence-electron chi connectivity index (χ0n) is 9.88. The Morgan fingerprint density at radius 2 is 1.93 bits per heavy atom. The van der Waals surface area contributed by atoms with Crippen LogP contribution in [0.4, 0.5) is 0 Å². The molecule has 0 radical (unpaired) electrons. The minimum Gasteiger partial charge on any atom is -0.330 e. The van der Waals surface area contributed by atoms with Crippen LogP contribution in [0.25, 0.3) is 0 Å². The van der Waals surface area contributed by atoms with Crippen molar-refractivity contribution in [3.63, 3.8) is 0 Å². The standard InChI is InChI=1S/C12H25NO/c1-4-11(7-8-13)5-6-12(14)9-10(2)3/h10-11H,4-9,13H2,1-3H3. The number of Topliss-reactive ketones (excluding diaryl/α,β-unsaturated/α-hetero) is 1. The van der Waals surface area contributed by atoms with Crippen LogP contribution in [0.3, 0.4) is 0 Å². The number of ketones is 1. The fraction of sp³-hybridized carbons (Fsp3) is 0.917. The summed E-state index contributed by atoms with van der Waals surface area (Å²) in [5.41, 5.74) is 5.51. The van der Waals surface area contributed by atoms with Gasteiger partial charge in [-0.05, 0) is 31.2 Å². The lowest BCUT2D eigenvalue weighted by Gasteiger charge is -2.13. The van der Waals surface area contributed by atoms with E-state index in [0.717, 1.165) is 38.6 Å². The molecule has 2 nitrogen and oxygen atoms in total. The highest BCUT2D eigenvalue weighted by atomic mass is 16.1. The Labute approximate surface area is 88.3 Å². The van der Waals surface area contributed by atoms with E-state index < -0.39 is 0 Å². The minimum atomic E-state index is 0.412. The van der Waals surface area contributed by atoms with Crippen LogP contribution in [0.2, 0.25) is 0 Å². The van der Waals surface area contributed by atoms with Gasteiger partial charge < -0.3 is 5.73 Å². The molecule has 0 rings (SSSR count). The molecule has 14 heavy (non-hydrogen) atoms. The molecule has 1 atom stereocenters. The summed E-state index contributed by atoms with van der Waals surface area (Å²) >= 11 is 0. The number of carbonyl (C=O) groups is 1. The fourth-order valence-corrected chi connectivity index (χ4v) is 1.71. The van der Waals surface area contributed by atoms with Gasteiger partial charge in [0.2, 0.25) is 0 Å². The Balaban J connectivity index is 3.62. The van der Waals surface area contributed by atoms with E-state index in [0.29, 0.717) is 17.6 Å². The molecule has 0 aromatic carbocycles. The predicted octanol–water partition coefficient (Wildman–Crippen LogP) is 2.76. The first kappa shape index (κ1) is 13.6. The predicted molar refractivity (Wildman–Crippen MR) is 61.1 cm³/mol. The smallest absolute Gasteiger partial charge is 0.133 e. The molecule has 0 amide bonds. The van der Waals surface area contributed by atoms with Crippen molar-refractivity contribution in [2.75, 3.05) is 6.54 Å². The van der Waals surface area contributed by atoms with Crippen LogP contribution in [0, 0.1) is 11.8 Å². The Bertz CT molecular complexity index is 154. The number of rotatable bonds is 8. The van der Waals surface area contributed by atoms with E-state index in [2.05, 4.69) is 20.8 Å². The molecule has 0 aliphatic rings. The molecule has 0 spiro atoms. The zero-order chi connectivity index (χ0) is 11.0. The van der Waals surface area contributed by atoms with Gasteiger partial charge in [0, 0.05) is 12.8 Å². The van der Waals surface area contributed by atoms with Crippen molar-refractivity contribution < 1.29 is 4.79 Å². The van der Waals surface area contributed by atoms with Gasteiger partial charge in [0.1, 0.15) is 5.78 Å². The molecule has 2 N–H and O–H groups in total. The van der Waals surface area contributed by atoms with E-state index in [1.54, 1.807) is 0 Å². The summed E-state index contributed by atoms with van der Waals surface area (Å²) in [7, 11) is 0. The Hall–Kier alpha value is -0.370. The SMILES string of the molecule is CCC(CCN)CCC(=O)CC(C)C. The van der Waals surface area contributed by atoms with Crippen molar-refractivity contribution in [2.24, 2.45) is 17.6 Å². The monoisotopic (exact) mass is 199 g/mol. The van der Waals surface area contributed by atoms with Crippen molar-refractivity contribution in [2.45, 2.75) is 52.9 Å². The molecule has 0 saturated heterocycles. The van der Waals surface area contributed by atoms with E-state index >= 15 is 0 Å². The summed E-state index contributed by atoms with van der Waals surface area (Å²) < 4.78 is 0. The molecule has 0 fully saturated rings. The third kappa shape index (κ3) is 7.07. The van der Waals surface area contributed by atoms with Gasteiger partial charge in [-0.1, -0.05) is 27.2 Å². The Morgan fingerprint density at radius 3 is 2.36 bits per heavy atom. The van der Waals surface area contributed by atoms with Crippen LogP contribution in [-0.4, -0.2) is 12.3 Å². The fourth-order valence-electron chi connectivity index (χ4n) is 1.71. The summed E-state index contributed by atoms with van der Waals surface area (Å²) in [6, 6.07) is 0. The van der Waals surface area contributed by atoms with Crippen LogP contribution in [0.1, 0.15) is 52.9 Å². The second kappa shape index (κ2) is 7.98. The number of hydrogen-bond donors (Lipinski definition) is 1. The van der Waals surface area contributed by atoms with Gasteiger partial charge in [0.15, 0.2) is 0 Å². The lowest BCUT2D eigenvalue weighted by molar-refractivity contribution is -0.120. The maximum Gasteiger partial charge on any atom is 0.133 e. The van der Waals surface area contributed by atoms with Gasteiger partial charge in [-0.25, -0.2) is 0 Å². The van der Waals surface area contributed by atoms with E-state index in [1.165, 1.54) is 0 Å². The van der Waals surface area contributed by atoms with Crippen LogP contribution >= 0.6 is 0 Å². The molecule has 1 unspecified atom stereocenters. The summed E-state index contributed by atoms with van der Waals surface area (Å²) in [4.78, 5) is 11.4. The summed E-state index contributed by atoms with van der Waals surface area (Å²) in [6.07, 6.45) is 4.71. The third-order valence-electron chi connectivity index (χ3n) is 2.62. The average Bonchev–Trinajstić information content (AvgIpc) is 2.11. The summed E-state index contributed by atoms with van der Waals surface area (Å²) in [5, 5.41) is 0. The molecule has 2 heteroatoms. The Morgan fingerprint density at radius 1 is 1.29 bits per heavy atom. The quantitative estimate of drug-likeness (QED) is 0.653. The normalized spacial score (nSPS) is 13.2. The van der Waals surface area contributed by atoms with E-state index in [9.17, 15) is 4.79 Å². The highest BCUT2D eigenvalue weighted by Crippen LogP contribution is 2.16. The maximum absolute atomic E-state index is 11.4. The topological polar surface area (TPSA) is 43.1 Å². The third-order valence-corrected chi connectivity index (χ3v) is 2.62. The van der Waals surface area contributed by atoms with Crippen LogP contribution in [-0.2, 0) is 4.79 Å². The van der Waals surface area contributed by atoms with Crippen molar-refractivity contribution >= 4 is 5.78 Å². The zero-order valence-corrected chi connectivity index (χ0v) is 9.88. The van der Waals surface area contributed by atoms with E-state index in [4.69, 9.17) is 5.73 Å².